The topological polar surface area (TPSA) is 65.4 Å². The molecule has 1 aliphatic rings. The van der Waals surface area contributed by atoms with Crippen molar-refractivity contribution in [3.63, 3.8) is 0 Å². The summed E-state index contributed by atoms with van der Waals surface area (Å²) < 4.78 is 0. The highest BCUT2D eigenvalue weighted by Crippen LogP contribution is 2.32. The van der Waals surface area contributed by atoms with Gasteiger partial charge in [0.05, 0.1) is 0 Å². The molecular formula is C12H8N4. The van der Waals surface area contributed by atoms with E-state index in [-0.39, 0.29) is 0 Å². The maximum Gasteiger partial charge on any atom is 0.190 e. The van der Waals surface area contributed by atoms with Crippen LogP contribution in [0.15, 0.2) is 30.3 Å². The lowest BCUT2D eigenvalue weighted by Crippen LogP contribution is -1.90. The quantitative estimate of drug-likeness (QED) is 0.775. The van der Waals surface area contributed by atoms with Gasteiger partial charge >= 0.3 is 0 Å². The first-order valence-corrected chi connectivity index (χ1v) is 5.00. The van der Waals surface area contributed by atoms with Crippen molar-refractivity contribution in [2.24, 2.45) is 0 Å². The molecule has 3 rings (SSSR count). The van der Waals surface area contributed by atoms with Crippen LogP contribution < -0.4 is 0 Å². The molecule has 4 nitrogen and oxygen atoms in total. The van der Waals surface area contributed by atoms with E-state index in [2.05, 4.69) is 27.6 Å². The zero-order valence-corrected chi connectivity index (χ0v) is 8.44. The second kappa shape index (κ2) is 3.31. The number of hydrogen-bond acceptors (Lipinski definition) is 3. The number of aromatic amines is 1. The zero-order chi connectivity index (χ0) is 11.0. The first kappa shape index (κ1) is 8.86. The third-order valence-electron chi connectivity index (χ3n) is 2.74. The Morgan fingerprint density at radius 2 is 2.12 bits per heavy atom. The van der Waals surface area contributed by atoms with Crippen molar-refractivity contribution >= 4 is 5.57 Å². The Balaban J connectivity index is 2.15. The Morgan fingerprint density at radius 1 is 1.25 bits per heavy atom. The molecule has 0 saturated heterocycles. The van der Waals surface area contributed by atoms with E-state index in [9.17, 15) is 0 Å². The van der Waals surface area contributed by atoms with Crippen LogP contribution in [0.2, 0.25) is 0 Å². The second-order valence-corrected chi connectivity index (χ2v) is 3.61. The number of allylic oxidation sites excluding steroid dienone is 1. The molecule has 4 heteroatoms. The van der Waals surface area contributed by atoms with Gasteiger partial charge in [-0.3, -0.25) is 0 Å². The van der Waals surface area contributed by atoms with Gasteiger partial charge in [-0.05, 0) is 17.5 Å². The minimum Gasteiger partial charge on any atom is -0.196 e. The number of nitrogens with one attached hydrogen (secondary N) is 1. The first-order chi connectivity index (χ1) is 7.90. The van der Waals surface area contributed by atoms with Gasteiger partial charge in [0.15, 0.2) is 5.69 Å². The number of rotatable bonds is 1. The molecule has 0 saturated carbocycles. The van der Waals surface area contributed by atoms with Gasteiger partial charge < -0.3 is 0 Å². The predicted octanol–water partition coefficient (Wildman–Crippen LogP) is 1.66. The van der Waals surface area contributed by atoms with Crippen LogP contribution in [-0.2, 0) is 6.42 Å². The molecule has 1 N–H and O–H groups in total. The average Bonchev–Trinajstić information content (AvgIpc) is 2.94. The highest BCUT2D eigenvalue weighted by Gasteiger charge is 2.20. The summed E-state index contributed by atoms with van der Waals surface area (Å²) in [4.78, 5) is 0. The molecule has 0 aliphatic heterocycles. The standard InChI is InChI=1S/C12H8N4/c13-7-11-12(15-16-14-11)10-6-5-8-3-1-2-4-9(8)10/h1-4,6H,5H2,(H,14,15,16). The average molecular weight is 208 g/mol. The van der Waals surface area contributed by atoms with Crippen molar-refractivity contribution in [2.45, 2.75) is 6.42 Å². The van der Waals surface area contributed by atoms with E-state index in [4.69, 9.17) is 5.26 Å². The van der Waals surface area contributed by atoms with Gasteiger partial charge in [-0.2, -0.15) is 15.6 Å². The minimum absolute atomic E-state index is 0.350. The van der Waals surface area contributed by atoms with E-state index < -0.39 is 0 Å². The molecule has 1 aromatic heterocycles. The van der Waals surface area contributed by atoms with Crippen LogP contribution in [0.5, 0.6) is 0 Å². The maximum atomic E-state index is 8.92. The second-order valence-electron chi connectivity index (χ2n) is 3.61. The molecule has 0 spiro atoms. The maximum absolute atomic E-state index is 8.92. The Bertz CT molecular complexity index is 616. The molecule has 0 bridgehead atoms. The third kappa shape index (κ3) is 1.15. The van der Waals surface area contributed by atoms with Gasteiger partial charge in [-0.25, -0.2) is 0 Å². The summed E-state index contributed by atoms with van der Waals surface area (Å²) >= 11 is 0. The predicted molar refractivity (Wildman–Crippen MR) is 58.3 cm³/mol. The van der Waals surface area contributed by atoms with Crippen molar-refractivity contribution in [1.82, 2.24) is 15.4 Å². The summed E-state index contributed by atoms with van der Waals surface area (Å²) in [7, 11) is 0. The highest BCUT2D eigenvalue weighted by atomic mass is 15.3. The Hall–Kier alpha value is -2.41. The number of aromatic nitrogens is 3. The molecule has 2 aromatic rings. The zero-order valence-electron chi connectivity index (χ0n) is 8.44. The fourth-order valence-electron chi connectivity index (χ4n) is 2.00. The summed E-state index contributed by atoms with van der Waals surface area (Å²) in [6.45, 7) is 0. The van der Waals surface area contributed by atoms with Gasteiger partial charge in [0.2, 0.25) is 0 Å². The van der Waals surface area contributed by atoms with Gasteiger partial charge in [0.1, 0.15) is 11.8 Å². The summed E-state index contributed by atoms with van der Waals surface area (Å²) in [5, 5.41) is 19.3. The van der Waals surface area contributed by atoms with E-state index in [1.54, 1.807) is 0 Å². The minimum atomic E-state index is 0.350. The van der Waals surface area contributed by atoms with E-state index in [1.807, 2.05) is 24.3 Å². The summed E-state index contributed by atoms with van der Waals surface area (Å²) in [6.07, 6.45) is 2.98. The molecule has 76 valence electrons. The molecule has 0 atom stereocenters. The van der Waals surface area contributed by atoms with Crippen LogP contribution in [0.1, 0.15) is 22.5 Å². The molecular weight excluding hydrogens is 200 g/mol. The van der Waals surface area contributed by atoms with Crippen LogP contribution in [-0.4, -0.2) is 15.4 Å². The van der Waals surface area contributed by atoms with Crippen molar-refractivity contribution in [3.8, 4) is 6.07 Å². The van der Waals surface area contributed by atoms with E-state index in [0.717, 1.165) is 17.6 Å². The van der Waals surface area contributed by atoms with Gasteiger partial charge in [-0.15, -0.1) is 5.10 Å². The normalized spacial score (nSPS) is 13.1. The molecule has 0 amide bonds. The Kier molecular flexibility index (Phi) is 1.84. The number of hydrogen-bond donors (Lipinski definition) is 1. The molecule has 1 aliphatic carbocycles. The molecule has 16 heavy (non-hydrogen) atoms. The van der Waals surface area contributed by atoms with Crippen molar-refractivity contribution in [2.75, 3.05) is 0 Å². The van der Waals surface area contributed by atoms with Crippen molar-refractivity contribution in [1.29, 1.82) is 5.26 Å². The first-order valence-electron chi connectivity index (χ1n) is 5.00. The molecule has 0 radical (unpaired) electrons. The van der Waals surface area contributed by atoms with E-state index in [0.29, 0.717) is 11.4 Å². The number of nitrogens with zero attached hydrogens (tertiary/aromatic N) is 3. The van der Waals surface area contributed by atoms with Crippen LogP contribution in [0.3, 0.4) is 0 Å². The van der Waals surface area contributed by atoms with E-state index >= 15 is 0 Å². The van der Waals surface area contributed by atoms with Gasteiger partial charge in [0, 0.05) is 5.57 Å². The summed E-state index contributed by atoms with van der Waals surface area (Å²) in [6, 6.07) is 10.2. The van der Waals surface area contributed by atoms with Crippen LogP contribution in [0.4, 0.5) is 0 Å². The monoisotopic (exact) mass is 208 g/mol. The Labute approximate surface area is 92.2 Å². The van der Waals surface area contributed by atoms with E-state index in [1.165, 1.54) is 5.56 Å². The van der Waals surface area contributed by atoms with Crippen LogP contribution in [0, 0.1) is 11.3 Å². The molecule has 0 unspecified atom stereocenters. The fraction of sp³-hybridized carbons (Fsp3) is 0.0833. The number of H-pyrrole nitrogens is 1. The van der Waals surface area contributed by atoms with Crippen molar-refractivity contribution in [3.05, 3.63) is 52.9 Å². The molecule has 0 fully saturated rings. The van der Waals surface area contributed by atoms with Crippen LogP contribution in [0.25, 0.3) is 5.57 Å². The Morgan fingerprint density at radius 3 is 3.00 bits per heavy atom. The number of benzene rings is 1. The van der Waals surface area contributed by atoms with Gasteiger partial charge in [-0.1, -0.05) is 30.3 Å². The lowest BCUT2D eigenvalue weighted by atomic mass is 10.0. The molecule has 1 heterocycles. The lowest BCUT2D eigenvalue weighted by molar-refractivity contribution is 0.932. The van der Waals surface area contributed by atoms with Crippen LogP contribution >= 0.6 is 0 Å². The smallest absolute Gasteiger partial charge is 0.190 e. The number of fused-ring (bicyclic) bond motifs is 1. The fourth-order valence-corrected chi connectivity index (χ4v) is 2.00. The SMILES string of the molecule is N#Cc1n[nH]nc1C1=CCc2ccccc21. The molecule has 1 aromatic carbocycles. The van der Waals surface area contributed by atoms with Crippen molar-refractivity contribution < 1.29 is 0 Å². The highest BCUT2D eigenvalue weighted by molar-refractivity contribution is 5.84. The van der Waals surface area contributed by atoms with Gasteiger partial charge in [0.25, 0.3) is 0 Å². The third-order valence-corrected chi connectivity index (χ3v) is 2.74. The summed E-state index contributed by atoms with van der Waals surface area (Å²) in [5.41, 5.74) is 4.41. The number of nitriles is 1. The summed E-state index contributed by atoms with van der Waals surface area (Å²) in [5.74, 6) is 0. The lowest BCUT2D eigenvalue weighted by Gasteiger charge is -2.01. The largest absolute Gasteiger partial charge is 0.196 e.